The van der Waals surface area contributed by atoms with Crippen molar-refractivity contribution in [2.75, 3.05) is 5.75 Å². The van der Waals surface area contributed by atoms with Crippen molar-refractivity contribution in [1.82, 2.24) is 4.90 Å². The average Bonchev–Trinajstić information content (AvgIpc) is 2.71. The molecule has 1 fully saturated rings. The Labute approximate surface area is 176 Å². The molecule has 11 heteroatoms. The number of aliphatic carboxylic acids is 1. The lowest BCUT2D eigenvalue weighted by Crippen LogP contribution is -2.65. The maximum atomic E-state index is 12.6. The van der Waals surface area contributed by atoms with Gasteiger partial charge in [-0.1, -0.05) is 6.92 Å². The van der Waals surface area contributed by atoms with Gasteiger partial charge in [0, 0.05) is 17.9 Å². The molecule has 1 aromatic carbocycles. The highest BCUT2D eigenvalue weighted by Crippen LogP contribution is 2.46. The minimum absolute atomic E-state index is 0.00407. The largest absolute Gasteiger partial charge is 0.508 e. The quantitative estimate of drug-likeness (QED) is 0.296. The molecule has 0 aromatic heterocycles. The number of benzene rings is 1. The van der Waals surface area contributed by atoms with Crippen molar-refractivity contribution in [2.24, 2.45) is 5.92 Å². The number of nitro groups is 1. The summed E-state index contributed by atoms with van der Waals surface area (Å²) in [7, 11) is 0. The number of fused-ring (bicyclic) bond motifs is 1. The minimum Gasteiger partial charge on any atom is -0.477 e. The van der Waals surface area contributed by atoms with E-state index in [-0.39, 0.29) is 23.9 Å². The summed E-state index contributed by atoms with van der Waals surface area (Å²) in [6, 6.07) is 5.54. The van der Waals surface area contributed by atoms with E-state index in [1.807, 2.05) is 0 Å². The van der Waals surface area contributed by atoms with Crippen LogP contribution in [0.3, 0.4) is 0 Å². The number of carbonyl (C=O) groups excluding carboxylic acids is 2. The number of β-lactam (4-membered cyclic amide) rings is 1. The molecule has 0 spiro atoms. The number of rotatable bonds is 7. The van der Waals surface area contributed by atoms with E-state index in [9.17, 15) is 29.6 Å². The van der Waals surface area contributed by atoms with Gasteiger partial charge in [-0.15, -0.1) is 11.8 Å². The lowest BCUT2D eigenvalue weighted by Gasteiger charge is -2.51. The number of carboxylic acid groups (broad SMARTS) is 1. The number of nitro benzene ring substituents is 1. The fourth-order valence-corrected chi connectivity index (χ4v) is 4.85. The van der Waals surface area contributed by atoms with Gasteiger partial charge in [0.25, 0.3) is 5.69 Å². The Morgan fingerprint density at radius 1 is 1.37 bits per heavy atom. The van der Waals surface area contributed by atoms with Crippen molar-refractivity contribution >= 4 is 35.5 Å². The Bertz CT molecular complexity index is 914. The Morgan fingerprint density at radius 2 is 2.03 bits per heavy atom. The van der Waals surface area contributed by atoms with E-state index in [4.69, 9.17) is 9.47 Å². The van der Waals surface area contributed by atoms with Crippen LogP contribution in [0, 0.1) is 16.0 Å². The number of hydrogen-bond donors (Lipinski definition) is 1. The van der Waals surface area contributed by atoms with Crippen molar-refractivity contribution < 1.29 is 33.9 Å². The number of amides is 1. The highest BCUT2D eigenvalue weighted by atomic mass is 32.2. The summed E-state index contributed by atoms with van der Waals surface area (Å²) in [5.41, 5.74) is 1.09. The zero-order valence-electron chi connectivity index (χ0n) is 16.3. The third-order valence-electron chi connectivity index (χ3n) is 4.96. The van der Waals surface area contributed by atoms with Crippen LogP contribution >= 0.6 is 11.8 Å². The molecule has 1 saturated heterocycles. The Balaban J connectivity index is 1.59. The third-order valence-corrected chi connectivity index (χ3v) is 6.40. The van der Waals surface area contributed by atoms with Crippen molar-refractivity contribution in [1.29, 1.82) is 0 Å². The van der Waals surface area contributed by atoms with E-state index in [1.54, 1.807) is 13.8 Å². The lowest BCUT2D eigenvalue weighted by atomic mass is 9.88. The first-order valence-corrected chi connectivity index (χ1v) is 10.2. The normalized spacial score (nSPS) is 21.4. The van der Waals surface area contributed by atoms with Gasteiger partial charge >= 0.3 is 12.1 Å². The first-order chi connectivity index (χ1) is 14.2. The van der Waals surface area contributed by atoms with Crippen LogP contribution in [0.25, 0.3) is 0 Å². The number of non-ortho nitro benzene ring substituents is 1. The molecule has 1 amide bonds. The lowest BCUT2D eigenvalue weighted by molar-refractivity contribution is -0.384. The number of carbonyl (C=O) groups is 3. The van der Waals surface area contributed by atoms with E-state index in [1.165, 1.54) is 40.9 Å². The Hall–Kier alpha value is -3.08. The average molecular weight is 436 g/mol. The molecule has 1 unspecified atom stereocenters. The molecular weight excluding hydrogens is 416 g/mol. The topological polar surface area (TPSA) is 136 Å². The van der Waals surface area contributed by atoms with E-state index < -0.39 is 34.4 Å². The summed E-state index contributed by atoms with van der Waals surface area (Å²) < 4.78 is 10.4. The van der Waals surface area contributed by atoms with Gasteiger partial charge in [-0.05, 0) is 36.6 Å². The zero-order chi connectivity index (χ0) is 22.0. The van der Waals surface area contributed by atoms with Gasteiger partial charge in [0.1, 0.15) is 24.3 Å². The van der Waals surface area contributed by atoms with Gasteiger partial charge in [0.2, 0.25) is 5.91 Å². The SMILES string of the molecule is CCC(OC(=O)OCc1ccc([N+](=O)[O-])cc1)[C@H]1C(=O)N2C(C(=O)O)=C(C)CS[C@@H]12. The standard InChI is InChI=1S/C19H20N2O8S/c1-3-13(14-16(22)20-15(18(23)24)10(2)9-30-17(14)20)29-19(25)28-8-11-4-6-12(7-5-11)21(26)27/h4-7,13-14,17H,3,8-9H2,1-2H3,(H,23,24)/t13?,14-,17-/m0/s1. The monoisotopic (exact) mass is 436 g/mol. The highest BCUT2D eigenvalue weighted by Gasteiger charge is 2.56. The maximum Gasteiger partial charge on any atom is 0.508 e. The van der Waals surface area contributed by atoms with Gasteiger partial charge in [0.05, 0.1) is 10.3 Å². The molecule has 0 aliphatic carbocycles. The molecule has 1 aromatic rings. The zero-order valence-corrected chi connectivity index (χ0v) is 17.1. The second kappa shape index (κ2) is 8.74. The molecule has 3 atom stereocenters. The molecule has 2 heterocycles. The minimum atomic E-state index is -1.15. The van der Waals surface area contributed by atoms with E-state index in [0.717, 1.165) is 0 Å². The number of hydrogen-bond acceptors (Lipinski definition) is 8. The van der Waals surface area contributed by atoms with E-state index in [2.05, 4.69) is 0 Å². The van der Waals surface area contributed by atoms with Crippen LogP contribution < -0.4 is 0 Å². The summed E-state index contributed by atoms with van der Waals surface area (Å²) in [6.45, 7) is 3.30. The van der Waals surface area contributed by atoms with E-state index in [0.29, 0.717) is 23.3 Å². The van der Waals surface area contributed by atoms with Gasteiger partial charge in [-0.25, -0.2) is 9.59 Å². The highest BCUT2D eigenvalue weighted by molar-refractivity contribution is 8.00. The molecule has 3 rings (SSSR count). The van der Waals surface area contributed by atoms with Crippen LogP contribution in [0.2, 0.25) is 0 Å². The smallest absolute Gasteiger partial charge is 0.477 e. The first kappa shape index (κ1) is 21.6. The molecule has 0 saturated carbocycles. The van der Waals surface area contributed by atoms with Gasteiger partial charge in [0.15, 0.2) is 0 Å². The second-order valence-electron chi connectivity index (χ2n) is 6.90. The molecule has 2 aliphatic heterocycles. The Morgan fingerprint density at radius 3 is 2.60 bits per heavy atom. The fourth-order valence-electron chi connectivity index (χ4n) is 3.44. The summed E-state index contributed by atoms with van der Waals surface area (Å²) in [5.74, 6) is -1.71. The predicted octanol–water partition coefficient (Wildman–Crippen LogP) is 2.92. The number of ether oxygens (including phenoxy) is 2. The van der Waals surface area contributed by atoms with Crippen LogP contribution in [0.15, 0.2) is 35.5 Å². The summed E-state index contributed by atoms with van der Waals surface area (Å²) in [4.78, 5) is 47.6. The maximum absolute atomic E-state index is 12.6. The number of carboxylic acids is 1. The first-order valence-electron chi connectivity index (χ1n) is 9.19. The molecule has 160 valence electrons. The molecule has 30 heavy (non-hydrogen) atoms. The van der Waals surface area contributed by atoms with Gasteiger partial charge in [-0.3, -0.25) is 19.8 Å². The van der Waals surface area contributed by atoms with Gasteiger partial charge in [-0.2, -0.15) is 0 Å². The summed E-state index contributed by atoms with van der Waals surface area (Å²) in [5, 5.41) is 19.7. The van der Waals surface area contributed by atoms with Crippen LogP contribution in [0.4, 0.5) is 10.5 Å². The molecule has 1 N–H and O–H groups in total. The molecule has 0 radical (unpaired) electrons. The van der Waals surface area contributed by atoms with Crippen LogP contribution in [0.5, 0.6) is 0 Å². The summed E-state index contributed by atoms with van der Waals surface area (Å²) >= 11 is 1.44. The van der Waals surface area contributed by atoms with Gasteiger partial charge < -0.3 is 14.6 Å². The van der Waals surface area contributed by atoms with Crippen LogP contribution in [0.1, 0.15) is 25.8 Å². The molecule has 10 nitrogen and oxygen atoms in total. The van der Waals surface area contributed by atoms with Crippen molar-refractivity contribution in [3.63, 3.8) is 0 Å². The van der Waals surface area contributed by atoms with Crippen LogP contribution in [-0.2, 0) is 25.7 Å². The number of nitrogens with zero attached hydrogens (tertiary/aromatic N) is 2. The molecular formula is C19H20N2O8S. The second-order valence-corrected chi connectivity index (χ2v) is 8.00. The van der Waals surface area contributed by atoms with Crippen molar-refractivity contribution in [3.8, 4) is 0 Å². The Kier molecular flexibility index (Phi) is 6.30. The number of thioether (sulfide) groups is 1. The molecule has 2 aliphatic rings. The predicted molar refractivity (Wildman–Crippen MR) is 105 cm³/mol. The van der Waals surface area contributed by atoms with Crippen molar-refractivity contribution in [2.45, 2.75) is 38.4 Å². The third kappa shape index (κ3) is 4.11. The molecule has 0 bridgehead atoms. The van der Waals surface area contributed by atoms with Crippen molar-refractivity contribution in [3.05, 3.63) is 51.2 Å². The summed E-state index contributed by atoms with van der Waals surface area (Å²) in [6.07, 6.45) is -1.35. The fraction of sp³-hybridized carbons (Fsp3) is 0.421. The van der Waals surface area contributed by atoms with Crippen LogP contribution in [-0.4, -0.2) is 50.2 Å². The van der Waals surface area contributed by atoms with E-state index >= 15 is 0 Å².